The Bertz CT molecular complexity index is 134. The minimum Gasteiger partial charge on any atom is -0.481 e. The van der Waals surface area contributed by atoms with Gasteiger partial charge in [0.1, 0.15) is 0 Å². The van der Waals surface area contributed by atoms with Gasteiger partial charge in [0.05, 0.1) is 6.10 Å². The Morgan fingerprint density at radius 1 is 1.38 bits per heavy atom. The smallest absolute Gasteiger partial charge is 0.303 e. The molecule has 0 fully saturated rings. The van der Waals surface area contributed by atoms with E-state index in [2.05, 4.69) is 6.92 Å². The Morgan fingerprint density at radius 2 is 2.08 bits per heavy atom. The van der Waals surface area contributed by atoms with E-state index >= 15 is 0 Å². The molecule has 1 unspecified atom stereocenters. The monoisotopic (exact) mass is 188 g/mol. The summed E-state index contributed by atoms with van der Waals surface area (Å²) in [5.74, 6) is -0.735. The molecular formula is C10H20O3. The molecule has 0 rings (SSSR count). The van der Waals surface area contributed by atoms with Gasteiger partial charge in [-0.3, -0.25) is 4.79 Å². The third kappa shape index (κ3) is 7.78. The second-order valence-corrected chi connectivity index (χ2v) is 3.15. The third-order valence-electron chi connectivity index (χ3n) is 1.96. The third-order valence-corrected chi connectivity index (χ3v) is 1.96. The van der Waals surface area contributed by atoms with Crippen molar-refractivity contribution in [1.82, 2.24) is 0 Å². The van der Waals surface area contributed by atoms with Gasteiger partial charge in [-0.2, -0.15) is 0 Å². The van der Waals surface area contributed by atoms with E-state index in [0.29, 0.717) is 13.0 Å². The van der Waals surface area contributed by atoms with E-state index in [1.54, 1.807) is 0 Å². The molecule has 0 aromatic heterocycles. The highest BCUT2D eigenvalue weighted by molar-refractivity contribution is 5.66. The normalized spacial score (nSPS) is 12.8. The van der Waals surface area contributed by atoms with Crippen LogP contribution in [-0.2, 0) is 9.53 Å². The SMILES string of the molecule is CCCCC(CCC(=O)O)OCC. The molecule has 1 atom stereocenters. The molecule has 0 aliphatic carbocycles. The van der Waals surface area contributed by atoms with Crippen LogP contribution in [0.15, 0.2) is 0 Å². The van der Waals surface area contributed by atoms with E-state index in [4.69, 9.17) is 9.84 Å². The lowest BCUT2D eigenvalue weighted by Gasteiger charge is -2.15. The highest BCUT2D eigenvalue weighted by atomic mass is 16.5. The fraction of sp³-hybridized carbons (Fsp3) is 0.900. The number of ether oxygens (including phenoxy) is 1. The van der Waals surface area contributed by atoms with Crippen LogP contribution in [0.5, 0.6) is 0 Å². The topological polar surface area (TPSA) is 46.5 Å². The molecule has 0 amide bonds. The molecule has 0 heterocycles. The molecule has 0 aromatic rings. The molecule has 0 aromatic carbocycles. The predicted molar refractivity (Wildman–Crippen MR) is 51.8 cm³/mol. The van der Waals surface area contributed by atoms with E-state index in [1.807, 2.05) is 6.92 Å². The molecule has 3 heteroatoms. The standard InChI is InChI=1S/C10H20O3/c1-3-5-6-9(13-4-2)7-8-10(11)12/h9H,3-8H2,1-2H3,(H,11,12). The van der Waals surface area contributed by atoms with Gasteiger partial charge in [-0.1, -0.05) is 19.8 Å². The highest BCUT2D eigenvalue weighted by Gasteiger charge is 2.09. The molecule has 3 nitrogen and oxygen atoms in total. The van der Waals surface area contributed by atoms with Gasteiger partial charge < -0.3 is 9.84 Å². The summed E-state index contributed by atoms with van der Waals surface area (Å²) in [6, 6.07) is 0. The Morgan fingerprint density at radius 3 is 2.54 bits per heavy atom. The Labute approximate surface area is 80.1 Å². The lowest BCUT2D eigenvalue weighted by atomic mass is 10.1. The molecular weight excluding hydrogens is 168 g/mol. The van der Waals surface area contributed by atoms with Crippen LogP contribution in [0, 0.1) is 0 Å². The summed E-state index contributed by atoms with van der Waals surface area (Å²) in [5.41, 5.74) is 0. The van der Waals surface area contributed by atoms with Gasteiger partial charge in [0.2, 0.25) is 0 Å². The largest absolute Gasteiger partial charge is 0.481 e. The Hall–Kier alpha value is -0.570. The first-order valence-corrected chi connectivity index (χ1v) is 5.04. The fourth-order valence-electron chi connectivity index (χ4n) is 1.26. The van der Waals surface area contributed by atoms with E-state index in [9.17, 15) is 4.79 Å². The number of aliphatic carboxylic acids is 1. The van der Waals surface area contributed by atoms with Crippen molar-refractivity contribution >= 4 is 5.97 Å². The number of unbranched alkanes of at least 4 members (excludes halogenated alkanes) is 1. The van der Waals surface area contributed by atoms with E-state index in [-0.39, 0.29) is 12.5 Å². The summed E-state index contributed by atoms with van der Waals surface area (Å²) in [6.07, 6.45) is 4.23. The van der Waals surface area contributed by atoms with Crippen LogP contribution in [0.3, 0.4) is 0 Å². The average molecular weight is 188 g/mol. The van der Waals surface area contributed by atoms with Crippen molar-refractivity contribution in [1.29, 1.82) is 0 Å². The van der Waals surface area contributed by atoms with Crippen molar-refractivity contribution in [3.05, 3.63) is 0 Å². The van der Waals surface area contributed by atoms with Gasteiger partial charge in [-0.05, 0) is 19.8 Å². The summed E-state index contributed by atoms with van der Waals surface area (Å²) in [6.45, 7) is 4.74. The summed E-state index contributed by atoms with van der Waals surface area (Å²) in [5, 5.41) is 8.50. The van der Waals surface area contributed by atoms with E-state index in [0.717, 1.165) is 19.3 Å². The van der Waals surface area contributed by atoms with Crippen molar-refractivity contribution < 1.29 is 14.6 Å². The first kappa shape index (κ1) is 12.4. The predicted octanol–water partition coefficient (Wildman–Crippen LogP) is 2.45. The molecule has 78 valence electrons. The zero-order valence-electron chi connectivity index (χ0n) is 8.58. The molecule has 0 spiro atoms. The Kier molecular flexibility index (Phi) is 7.69. The average Bonchev–Trinajstić information content (AvgIpc) is 2.09. The maximum atomic E-state index is 10.3. The summed E-state index contributed by atoms with van der Waals surface area (Å²) in [7, 11) is 0. The maximum Gasteiger partial charge on any atom is 0.303 e. The lowest BCUT2D eigenvalue weighted by Crippen LogP contribution is -2.14. The quantitative estimate of drug-likeness (QED) is 0.636. The number of carboxylic acid groups (broad SMARTS) is 1. The van der Waals surface area contributed by atoms with E-state index < -0.39 is 5.97 Å². The van der Waals surface area contributed by atoms with Crippen molar-refractivity contribution in [3.63, 3.8) is 0 Å². The van der Waals surface area contributed by atoms with Gasteiger partial charge in [0.25, 0.3) is 0 Å². The minimum atomic E-state index is -0.735. The molecule has 0 aliphatic rings. The highest BCUT2D eigenvalue weighted by Crippen LogP contribution is 2.10. The summed E-state index contributed by atoms with van der Waals surface area (Å²) < 4.78 is 5.43. The molecule has 0 saturated heterocycles. The van der Waals surface area contributed by atoms with E-state index in [1.165, 1.54) is 0 Å². The number of carboxylic acids is 1. The molecule has 0 aliphatic heterocycles. The minimum absolute atomic E-state index is 0.140. The summed E-state index contributed by atoms with van der Waals surface area (Å²) >= 11 is 0. The number of hydrogen-bond donors (Lipinski definition) is 1. The van der Waals surface area contributed by atoms with Crippen LogP contribution in [0.2, 0.25) is 0 Å². The second kappa shape index (κ2) is 8.05. The molecule has 0 radical (unpaired) electrons. The fourth-order valence-corrected chi connectivity index (χ4v) is 1.26. The summed E-state index contributed by atoms with van der Waals surface area (Å²) in [4.78, 5) is 10.3. The van der Waals surface area contributed by atoms with Crippen LogP contribution in [0.4, 0.5) is 0 Å². The number of rotatable bonds is 8. The van der Waals surface area contributed by atoms with Crippen LogP contribution in [0.1, 0.15) is 46.0 Å². The van der Waals surface area contributed by atoms with Gasteiger partial charge in [0.15, 0.2) is 0 Å². The lowest BCUT2D eigenvalue weighted by molar-refractivity contribution is -0.137. The van der Waals surface area contributed by atoms with Crippen molar-refractivity contribution in [3.8, 4) is 0 Å². The zero-order chi connectivity index (χ0) is 10.1. The first-order valence-electron chi connectivity index (χ1n) is 5.04. The first-order chi connectivity index (χ1) is 6.20. The molecule has 1 N–H and O–H groups in total. The second-order valence-electron chi connectivity index (χ2n) is 3.15. The molecule has 0 saturated carbocycles. The van der Waals surface area contributed by atoms with Gasteiger partial charge in [-0.15, -0.1) is 0 Å². The number of carbonyl (C=O) groups is 1. The number of hydrogen-bond acceptors (Lipinski definition) is 2. The van der Waals surface area contributed by atoms with Crippen molar-refractivity contribution in [2.45, 2.75) is 52.1 Å². The van der Waals surface area contributed by atoms with Crippen molar-refractivity contribution in [2.24, 2.45) is 0 Å². The van der Waals surface area contributed by atoms with Gasteiger partial charge in [-0.25, -0.2) is 0 Å². The molecule has 13 heavy (non-hydrogen) atoms. The van der Waals surface area contributed by atoms with Gasteiger partial charge >= 0.3 is 5.97 Å². The zero-order valence-corrected chi connectivity index (χ0v) is 8.58. The van der Waals surface area contributed by atoms with Crippen molar-refractivity contribution in [2.75, 3.05) is 6.61 Å². The van der Waals surface area contributed by atoms with Gasteiger partial charge in [0, 0.05) is 13.0 Å². The van der Waals surface area contributed by atoms with Crippen LogP contribution < -0.4 is 0 Å². The van der Waals surface area contributed by atoms with Crippen LogP contribution in [-0.4, -0.2) is 23.8 Å². The molecule has 0 bridgehead atoms. The van der Waals surface area contributed by atoms with Crippen LogP contribution >= 0.6 is 0 Å². The van der Waals surface area contributed by atoms with Crippen LogP contribution in [0.25, 0.3) is 0 Å². The maximum absolute atomic E-state index is 10.3. The Balaban J connectivity index is 3.59.